The Bertz CT molecular complexity index is 980. The maximum atomic E-state index is 12.5. The molecule has 1 heterocycles. The van der Waals surface area contributed by atoms with E-state index in [2.05, 4.69) is 38.2 Å². The van der Waals surface area contributed by atoms with Gasteiger partial charge in [-0.3, -0.25) is 0 Å². The van der Waals surface area contributed by atoms with Gasteiger partial charge in [0.1, 0.15) is 21.3 Å². The molecule has 2 aromatic rings. The van der Waals surface area contributed by atoms with Gasteiger partial charge in [0.25, 0.3) is 0 Å². The fourth-order valence-electron chi connectivity index (χ4n) is 3.26. The van der Waals surface area contributed by atoms with Crippen molar-refractivity contribution >= 4 is 26.7 Å². The minimum Gasteiger partial charge on any atom is -0.483 e. The molecule has 1 atom stereocenters. The van der Waals surface area contributed by atoms with E-state index in [1.165, 1.54) is 16.4 Å². The van der Waals surface area contributed by atoms with Gasteiger partial charge in [0.05, 0.1) is 0 Å². The average molecular weight is 448 g/mol. The summed E-state index contributed by atoms with van der Waals surface area (Å²) >= 11 is 0. The SMILES string of the molecule is Cc1cc(C(C)(C)C)ccc1SS(=O)CNC(=O)Oc1cccc2c1OC(C)(C)C2. The van der Waals surface area contributed by atoms with E-state index in [9.17, 15) is 9.00 Å². The number of carbonyl (C=O) groups excluding carboxylic acids is 1. The molecule has 0 aromatic heterocycles. The summed E-state index contributed by atoms with van der Waals surface area (Å²) in [6.45, 7) is 12.5. The molecule has 0 spiro atoms. The minimum atomic E-state index is -1.33. The summed E-state index contributed by atoms with van der Waals surface area (Å²) in [5.74, 6) is 0.969. The molecule has 5 nitrogen and oxygen atoms in total. The second-order valence-electron chi connectivity index (χ2n) is 9.11. The number of aryl methyl sites for hydroxylation is 1. The van der Waals surface area contributed by atoms with Crippen molar-refractivity contribution < 1.29 is 18.5 Å². The van der Waals surface area contributed by atoms with Gasteiger partial charge in [0.2, 0.25) is 0 Å². The first kappa shape index (κ1) is 22.7. The van der Waals surface area contributed by atoms with Crippen LogP contribution in [0.5, 0.6) is 11.5 Å². The molecule has 0 saturated heterocycles. The first-order valence-electron chi connectivity index (χ1n) is 9.89. The van der Waals surface area contributed by atoms with E-state index in [-0.39, 0.29) is 16.9 Å². The first-order valence-corrected chi connectivity index (χ1v) is 12.5. The van der Waals surface area contributed by atoms with Crippen LogP contribution in [0.2, 0.25) is 0 Å². The molecule has 1 unspecified atom stereocenters. The quantitative estimate of drug-likeness (QED) is 0.613. The number of benzene rings is 2. The smallest absolute Gasteiger partial charge is 0.413 e. The van der Waals surface area contributed by atoms with Crippen molar-refractivity contribution in [3.63, 3.8) is 0 Å². The van der Waals surface area contributed by atoms with Gasteiger partial charge >= 0.3 is 6.09 Å². The molecule has 1 aliphatic rings. The molecule has 1 amide bonds. The largest absolute Gasteiger partial charge is 0.483 e. The third-order valence-electron chi connectivity index (χ3n) is 4.82. The number of fused-ring (bicyclic) bond motifs is 1. The lowest BCUT2D eigenvalue weighted by Crippen LogP contribution is -2.29. The standard InChI is InChI=1S/C23H29NO4S2/c1-15-12-17(22(2,3)4)10-11-19(15)29-30(26)14-24-21(25)27-18-9-7-8-16-13-23(5,6)28-20(16)18/h7-12H,13-14H2,1-6H3,(H,24,25). The zero-order chi connectivity index (χ0) is 22.1. The number of para-hydroxylation sites is 1. The van der Waals surface area contributed by atoms with Gasteiger partial charge in [-0.1, -0.05) is 45.0 Å². The van der Waals surface area contributed by atoms with Crippen molar-refractivity contribution in [3.8, 4) is 11.5 Å². The molecule has 0 fully saturated rings. The van der Waals surface area contributed by atoms with Crippen molar-refractivity contribution in [1.29, 1.82) is 0 Å². The van der Waals surface area contributed by atoms with Crippen LogP contribution in [0.4, 0.5) is 4.79 Å². The molecule has 30 heavy (non-hydrogen) atoms. The van der Waals surface area contributed by atoms with Crippen LogP contribution in [0.3, 0.4) is 0 Å². The van der Waals surface area contributed by atoms with Gasteiger partial charge in [-0.2, -0.15) is 0 Å². The number of ether oxygens (including phenoxy) is 2. The number of amides is 1. The summed E-state index contributed by atoms with van der Waals surface area (Å²) in [5.41, 5.74) is 3.06. The summed E-state index contributed by atoms with van der Waals surface area (Å²) < 4.78 is 23.8. The van der Waals surface area contributed by atoms with Crippen LogP contribution >= 0.6 is 10.8 Å². The Labute approximate surface area is 184 Å². The second kappa shape index (κ2) is 8.63. The second-order valence-corrected chi connectivity index (χ2v) is 12.2. The van der Waals surface area contributed by atoms with Crippen LogP contribution in [-0.2, 0) is 21.7 Å². The summed E-state index contributed by atoms with van der Waals surface area (Å²) in [6.07, 6.45) is 0.111. The fourth-order valence-corrected chi connectivity index (χ4v) is 5.58. The van der Waals surface area contributed by atoms with E-state index in [0.717, 1.165) is 22.4 Å². The summed E-state index contributed by atoms with van der Waals surface area (Å²) in [7, 11) is -0.0909. The molecule has 1 aliphatic heterocycles. The highest BCUT2D eigenvalue weighted by Crippen LogP contribution is 2.41. The van der Waals surface area contributed by atoms with Crippen LogP contribution < -0.4 is 14.8 Å². The Morgan fingerprint density at radius 1 is 1.27 bits per heavy atom. The molecule has 0 radical (unpaired) electrons. The number of hydrogen-bond acceptors (Lipinski definition) is 5. The maximum absolute atomic E-state index is 12.5. The lowest BCUT2D eigenvalue weighted by Gasteiger charge is -2.20. The summed E-state index contributed by atoms with van der Waals surface area (Å²) in [6, 6.07) is 11.7. The van der Waals surface area contributed by atoms with E-state index in [0.29, 0.717) is 11.5 Å². The van der Waals surface area contributed by atoms with Crippen molar-refractivity contribution in [2.45, 2.75) is 63.9 Å². The lowest BCUT2D eigenvalue weighted by atomic mass is 9.86. The Kier molecular flexibility index (Phi) is 6.53. The number of carbonyl (C=O) groups is 1. The number of hydrogen-bond donors (Lipinski definition) is 1. The molecule has 0 bridgehead atoms. The molecule has 3 rings (SSSR count). The number of rotatable bonds is 5. The highest BCUT2D eigenvalue weighted by atomic mass is 33.1. The van der Waals surface area contributed by atoms with Gasteiger partial charge < -0.3 is 14.8 Å². The van der Waals surface area contributed by atoms with Crippen LogP contribution in [0, 0.1) is 6.92 Å². The van der Waals surface area contributed by atoms with Crippen LogP contribution in [-0.4, -0.2) is 21.8 Å². The Balaban J connectivity index is 1.55. The number of nitrogens with one attached hydrogen (secondary N) is 1. The van der Waals surface area contributed by atoms with Crippen molar-refractivity contribution in [2.24, 2.45) is 0 Å². The summed E-state index contributed by atoms with van der Waals surface area (Å²) in [5, 5.41) is 2.58. The highest BCUT2D eigenvalue weighted by Gasteiger charge is 2.32. The van der Waals surface area contributed by atoms with Gasteiger partial charge in [0.15, 0.2) is 11.5 Å². The van der Waals surface area contributed by atoms with Crippen molar-refractivity contribution in [3.05, 3.63) is 53.1 Å². The van der Waals surface area contributed by atoms with E-state index >= 15 is 0 Å². The van der Waals surface area contributed by atoms with Crippen LogP contribution in [0.25, 0.3) is 0 Å². The van der Waals surface area contributed by atoms with E-state index in [1.807, 2.05) is 39.0 Å². The van der Waals surface area contributed by atoms with Crippen molar-refractivity contribution in [1.82, 2.24) is 5.32 Å². The van der Waals surface area contributed by atoms with E-state index in [4.69, 9.17) is 9.47 Å². The Morgan fingerprint density at radius 3 is 2.67 bits per heavy atom. The predicted molar refractivity (Wildman–Crippen MR) is 123 cm³/mol. The zero-order valence-corrected chi connectivity index (χ0v) is 20.0. The molecule has 1 N–H and O–H groups in total. The third kappa shape index (κ3) is 5.58. The molecular weight excluding hydrogens is 418 g/mol. The average Bonchev–Trinajstić information content (AvgIpc) is 2.96. The van der Waals surface area contributed by atoms with Gasteiger partial charge in [-0.15, -0.1) is 0 Å². The normalized spacial score (nSPS) is 15.8. The third-order valence-corrected chi connectivity index (χ3v) is 7.47. The Hall–Kier alpha value is -1.99. The molecule has 7 heteroatoms. The van der Waals surface area contributed by atoms with E-state index < -0.39 is 15.9 Å². The minimum absolute atomic E-state index is 0.00859. The molecule has 162 valence electrons. The fraction of sp³-hybridized carbons (Fsp3) is 0.435. The van der Waals surface area contributed by atoms with Gasteiger partial charge in [-0.05, 0) is 60.2 Å². The highest BCUT2D eigenvalue weighted by molar-refractivity contribution is 8.69. The van der Waals surface area contributed by atoms with Crippen LogP contribution in [0.1, 0.15) is 51.3 Å². The zero-order valence-electron chi connectivity index (χ0n) is 18.3. The Morgan fingerprint density at radius 2 is 2.00 bits per heavy atom. The van der Waals surface area contributed by atoms with Gasteiger partial charge in [0, 0.05) is 16.9 Å². The maximum Gasteiger partial charge on any atom is 0.413 e. The molecule has 0 aliphatic carbocycles. The topological polar surface area (TPSA) is 64.6 Å². The molecule has 0 saturated carbocycles. The molecule has 2 aromatic carbocycles. The van der Waals surface area contributed by atoms with E-state index in [1.54, 1.807) is 6.07 Å². The van der Waals surface area contributed by atoms with Crippen molar-refractivity contribution in [2.75, 3.05) is 5.88 Å². The monoisotopic (exact) mass is 447 g/mol. The van der Waals surface area contributed by atoms with Crippen LogP contribution in [0.15, 0.2) is 41.3 Å². The lowest BCUT2D eigenvalue weighted by molar-refractivity contribution is 0.133. The first-order chi connectivity index (χ1) is 13.9. The predicted octanol–water partition coefficient (Wildman–Crippen LogP) is 5.51. The molecular formula is C23H29NO4S2. The van der Waals surface area contributed by atoms with Gasteiger partial charge in [-0.25, -0.2) is 9.00 Å². The summed E-state index contributed by atoms with van der Waals surface area (Å²) in [4.78, 5) is 13.2.